The summed E-state index contributed by atoms with van der Waals surface area (Å²) >= 11 is 0. The highest BCUT2D eigenvalue weighted by atomic mass is 32.2. The minimum absolute atomic E-state index is 0.0522. The van der Waals surface area contributed by atoms with E-state index in [9.17, 15) is 13.2 Å². The van der Waals surface area contributed by atoms with Crippen molar-refractivity contribution in [3.63, 3.8) is 0 Å². The van der Waals surface area contributed by atoms with Gasteiger partial charge in [0.15, 0.2) is 0 Å². The van der Waals surface area contributed by atoms with Gasteiger partial charge in [0.05, 0.1) is 24.0 Å². The summed E-state index contributed by atoms with van der Waals surface area (Å²) < 4.78 is 40.7. The van der Waals surface area contributed by atoms with Gasteiger partial charge in [-0.05, 0) is 39.3 Å². The lowest BCUT2D eigenvalue weighted by atomic mass is 10.2. The van der Waals surface area contributed by atoms with E-state index in [0.29, 0.717) is 39.3 Å². The summed E-state index contributed by atoms with van der Waals surface area (Å²) in [5, 5.41) is 6.69. The Morgan fingerprint density at radius 2 is 1.88 bits per heavy atom. The average molecular weight is 494 g/mol. The summed E-state index contributed by atoms with van der Waals surface area (Å²) in [5.41, 5.74) is 0.997. The predicted octanol–water partition coefficient (Wildman–Crippen LogP) is 1.87. The topological polar surface area (TPSA) is 106 Å². The molecule has 10 nitrogen and oxygen atoms in total. The summed E-state index contributed by atoms with van der Waals surface area (Å²) in [5.74, 6) is 0.323. The molecule has 0 saturated carbocycles. The zero-order chi connectivity index (χ0) is 24.7. The van der Waals surface area contributed by atoms with Crippen LogP contribution < -0.4 is 15.0 Å². The van der Waals surface area contributed by atoms with E-state index in [-0.39, 0.29) is 29.8 Å². The number of nitrogens with one attached hydrogen (secondary N) is 1. The molecular formula is C23H35N5O5S. The molecule has 1 saturated heterocycles. The first-order valence-corrected chi connectivity index (χ1v) is 13.1. The molecule has 2 heterocycles. The monoisotopic (exact) mass is 493 g/mol. The van der Waals surface area contributed by atoms with Gasteiger partial charge in [0.25, 0.3) is 15.9 Å². The number of nitrogens with zero attached hydrogens (tertiary/aromatic N) is 4. The van der Waals surface area contributed by atoms with E-state index in [2.05, 4.69) is 15.3 Å². The van der Waals surface area contributed by atoms with E-state index < -0.39 is 15.9 Å². The van der Waals surface area contributed by atoms with Crippen LogP contribution in [0, 0.1) is 0 Å². The van der Waals surface area contributed by atoms with Gasteiger partial charge in [-0.15, -0.1) is 0 Å². The number of benzene rings is 1. The second-order valence-corrected chi connectivity index (χ2v) is 10.2. The Bertz CT molecular complexity index is 1060. The molecule has 1 aromatic carbocycles. The Balaban J connectivity index is 1.66. The summed E-state index contributed by atoms with van der Waals surface area (Å²) in [4.78, 5) is 14.8. The molecule has 1 aliphatic rings. The number of aromatic nitrogens is 2. The Morgan fingerprint density at radius 1 is 1.18 bits per heavy atom. The van der Waals surface area contributed by atoms with Crippen LogP contribution in [0.3, 0.4) is 0 Å². The molecule has 0 aliphatic carbocycles. The quantitative estimate of drug-likeness (QED) is 0.477. The number of ether oxygens (including phenoxy) is 2. The van der Waals surface area contributed by atoms with E-state index in [0.717, 1.165) is 11.4 Å². The predicted molar refractivity (Wildman–Crippen MR) is 130 cm³/mol. The van der Waals surface area contributed by atoms with Crippen molar-refractivity contribution in [2.75, 3.05) is 50.8 Å². The molecular weight excluding hydrogens is 458 g/mol. The molecule has 0 atom stereocenters. The number of hydrogen-bond donors (Lipinski definition) is 1. The van der Waals surface area contributed by atoms with Crippen molar-refractivity contribution in [1.82, 2.24) is 19.4 Å². The van der Waals surface area contributed by atoms with Gasteiger partial charge in [-0.25, -0.2) is 8.42 Å². The van der Waals surface area contributed by atoms with Gasteiger partial charge in [-0.1, -0.05) is 12.1 Å². The Labute approximate surface area is 201 Å². The number of aryl methyl sites for hydroxylation is 1. The first-order valence-electron chi connectivity index (χ1n) is 11.6. The maximum Gasteiger partial charge on any atom is 0.263 e. The van der Waals surface area contributed by atoms with E-state index in [1.165, 1.54) is 15.2 Å². The number of rotatable bonds is 11. The summed E-state index contributed by atoms with van der Waals surface area (Å²) in [6.45, 7) is 8.87. The van der Waals surface area contributed by atoms with Crippen LogP contribution in [0.5, 0.6) is 5.75 Å². The molecule has 11 heteroatoms. The van der Waals surface area contributed by atoms with Crippen LogP contribution >= 0.6 is 0 Å². The Kier molecular flexibility index (Phi) is 8.92. The SMILES string of the molecule is CCOc1ccccc1N1CCN(S(=O)(=O)c2nn(C)cc2C(=O)NCCCOC(C)C)CC1. The maximum atomic E-state index is 13.4. The normalized spacial score (nSPS) is 15.0. The zero-order valence-corrected chi connectivity index (χ0v) is 21.2. The number of piperazine rings is 1. The van der Waals surface area contributed by atoms with Gasteiger partial charge < -0.3 is 19.7 Å². The van der Waals surface area contributed by atoms with Crippen LogP contribution in [-0.2, 0) is 21.8 Å². The van der Waals surface area contributed by atoms with Gasteiger partial charge in [-0.2, -0.15) is 9.40 Å². The smallest absolute Gasteiger partial charge is 0.263 e. The molecule has 188 valence electrons. The Morgan fingerprint density at radius 3 is 2.56 bits per heavy atom. The summed E-state index contributed by atoms with van der Waals surface area (Å²) in [6.07, 6.45) is 2.21. The van der Waals surface area contributed by atoms with Crippen LogP contribution in [-0.4, -0.2) is 80.5 Å². The first-order chi connectivity index (χ1) is 16.2. The fourth-order valence-corrected chi connectivity index (χ4v) is 5.33. The van der Waals surface area contributed by atoms with Crippen molar-refractivity contribution >= 4 is 21.6 Å². The molecule has 0 unspecified atom stereocenters. The number of carbonyl (C=O) groups is 1. The lowest BCUT2D eigenvalue weighted by Crippen LogP contribution is -2.49. The minimum Gasteiger partial charge on any atom is -0.492 e. The third-order valence-electron chi connectivity index (χ3n) is 5.43. The lowest BCUT2D eigenvalue weighted by Gasteiger charge is -2.35. The number of para-hydroxylation sites is 2. The van der Waals surface area contributed by atoms with E-state index in [1.807, 2.05) is 45.0 Å². The summed E-state index contributed by atoms with van der Waals surface area (Å²) in [6, 6.07) is 7.74. The molecule has 3 rings (SSSR count). The van der Waals surface area contributed by atoms with Gasteiger partial charge >= 0.3 is 0 Å². The van der Waals surface area contributed by atoms with Gasteiger partial charge in [0, 0.05) is 52.6 Å². The highest BCUT2D eigenvalue weighted by molar-refractivity contribution is 7.89. The molecule has 1 amide bonds. The molecule has 1 aromatic heterocycles. The number of hydrogen-bond acceptors (Lipinski definition) is 7. The molecule has 34 heavy (non-hydrogen) atoms. The van der Waals surface area contributed by atoms with Crippen LogP contribution in [0.2, 0.25) is 0 Å². The standard InChI is InChI=1S/C23H35N5O5S/c1-5-32-21-10-7-6-9-20(21)27-12-14-28(15-13-27)34(30,31)23-19(17-26(4)25-23)22(29)24-11-8-16-33-18(2)3/h6-7,9-10,17-18H,5,8,11-16H2,1-4H3,(H,24,29). The minimum atomic E-state index is -3.93. The Hall–Kier alpha value is -2.63. The van der Waals surface area contributed by atoms with Crippen molar-refractivity contribution in [1.29, 1.82) is 0 Å². The number of carbonyl (C=O) groups excluding carboxylic acids is 1. The zero-order valence-electron chi connectivity index (χ0n) is 20.4. The van der Waals surface area contributed by atoms with Crippen LogP contribution in [0.4, 0.5) is 5.69 Å². The second kappa shape index (κ2) is 11.7. The molecule has 1 aliphatic heterocycles. The van der Waals surface area contributed by atoms with Crippen LogP contribution in [0.15, 0.2) is 35.5 Å². The second-order valence-electron chi connectivity index (χ2n) is 8.34. The highest BCUT2D eigenvalue weighted by Gasteiger charge is 2.34. The lowest BCUT2D eigenvalue weighted by molar-refractivity contribution is 0.0756. The van der Waals surface area contributed by atoms with Crippen molar-refractivity contribution < 1.29 is 22.7 Å². The molecule has 0 spiro atoms. The molecule has 0 bridgehead atoms. The third-order valence-corrected chi connectivity index (χ3v) is 7.26. The maximum absolute atomic E-state index is 13.4. The number of sulfonamides is 1. The highest BCUT2D eigenvalue weighted by Crippen LogP contribution is 2.30. The average Bonchev–Trinajstić information content (AvgIpc) is 3.22. The van der Waals surface area contributed by atoms with Gasteiger partial charge in [0.1, 0.15) is 5.75 Å². The van der Waals surface area contributed by atoms with Gasteiger partial charge in [-0.3, -0.25) is 9.48 Å². The summed E-state index contributed by atoms with van der Waals surface area (Å²) in [7, 11) is -2.33. The fourth-order valence-electron chi connectivity index (χ4n) is 3.79. The van der Waals surface area contributed by atoms with Gasteiger partial charge in [0.2, 0.25) is 5.03 Å². The third kappa shape index (κ3) is 6.28. The molecule has 1 N–H and O–H groups in total. The van der Waals surface area contributed by atoms with E-state index in [4.69, 9.17) is 9.47 Å². The first kappa shape index (κ1) is 26.0. The van der Waals surface area contributed by atoms with Crippen molar-refractivity contribution in [2.45, 2.75) is 38.3 Å². The van der Waals surface area contributed by atoms with Crippen molar-refractivity contribution in [3.8, 4) is 5.75 Å². The molecule has 0 radical (unpaired) electrons. The van der Waals surface area contributed by atoms with E-state index in [1.54, 1.807) is 7.05 Å². The van der Waals surface area contributed by atoms with Crippen molar-refractivity contribution in [2.24, 2.45) is 7.05 Å². The number of amides is 1. The molecule has 2 aromatic rings. The number of anilines is 1. The fraction of sp³-hybridized carbons (Fsp3) is 0.565. The molecule has 1 fully saturated rings. The van der Waals surface area contributed by atoms with Crippen LogP contribution in [0.1, 0.15) is 37.6 Å². The van der Waals surface area contributed by atoms with Crippen molar-refractivity contribution in [3.05, 3.63) is 36.0 Å². The van der Waals surface area contributed by atoms with Crippen LogP contribution in [0.25, 0.3) is 0 Å². The largest absolute Gasteiger partial charge is 0.492 e. The van der Waals surface area contributed by atoms with E-state index >= 15 is 0 Å².